The van der Waals surface area contributed by atoms with Gasteiger partial charge in [0, 0.05) is 11.1 Å². The standard InChI is InChI=1S/C10H9ClN2O3/c1-7(5-12)6-16-10-3-2-8(11)4-9(10)13(14)15/h2-4,7H,6H2,1H3. The summed E-state index contributed by atoms with van der Waals surface area (Å²) in [6.45, 7) is 1.78. The Morgan fingerprint density at radius 1 is 1.69 bits per heavy atom. The van der Waals surface area contributed by atoms with Crippen molar-refractivity contribution in [1.82, 2.24) is 0 Å². The molecule has 1 aromatic carbocycles. The van der Waals surface area contributed by atoms with E-state index >= 15 is 0 Å². The van der Waals surface area contributed by atoms with Crippen molar-refractivity contribution in [2.75, 3.05) is 6.61 Å². The molecule has 1 atom stereocenters. The van der Waals surface area contributed by atoms with Gasteiger partial charge in [0.1, 0.15) is 6.61 Å². The maximum atomic E-state index is 10.7. The van der Waals surface area contributed by atoms with E-state index in [-0.39, 0.29) is 29.0 Å². The zero-order valence-electron chi connectivity index (χ0n) is 8.51. The van der Waals surface area contributed by atoms with Crippen LogP contribution in [-0.2, 0) is 0 Å². The molecule has 0 amide bonds. The Morgan fingerprint density at radius 2 is 2.38 bits per heavy atom. The molecule has 0 N–H and O–H groups in total. The first kappa shape index (κ1) is 12.3. The topological polar surface area (TPSA) is 76.2 Å². The lowest BCUT2D eigenvalue weighted by atomic mass is 10.2. The first-order chi connectivity index (χ1) is 7.54. The predicted octanol–water partition coefficient (Wildman–Crippen LogP) is 2.79. The van der Waals surface area contributed by atoms with Crippen LogP contribution in [0, 0.1) is 27.4 Å². The molecule has 0 aliphatic carbocycles. The second-order valence-corrected chi connectivity index (χ2v) is 3.65. The molecule has 0 aliphatic rings. The van der Waals surface area contributed by atoms with E-state index in [0.29, 0.717) is 0 Å². The monoisotopic (exact) mass is 240 g/mol. The molecule has 0 spiro atoms. The number of hydrogen-bond donors (Lipinski definition) is 0. The maximum absolute atomic E-state index is 10.7. The van der Waals surface area contributed by atoms with Crippen molar-refractivity contribution < 1.29 is 9.66 Å². The zero-order chi connectivity index (χ0) is 12.1. The first-order valence-electron chi connectivity index (χ1n) is 4.51. The number of ether oxygens (including phenoxy) is 1. The summed E-state index contributed by atoms with van der Waals surface area (Å²) in [6, 6.07) is 6.11. The Hall–Kier alpha value is -1.80. The molecule has 0 radical (unpaired) electrons. The molecule has 1 aromatic rings. The van der Waals surface area contributed by atoms with Crippen LogP contribution >= 0.6 is 11.6 Å². The fourth-order valence-electron chi connectivity index (χ4n) is 1.01. The van der Waals surface area contributed by atoms with Crippen molar-refractivity contribution in [3.8, 4) is 11.8 Å². The Balaban J connectivity index is 2.88. The van der Waals surface area contributed by atoms with Crippen LogP contribution in [0.1, 0.15) is 6.92 Å². The molecule has 16 heavy (non-hydrogen) atoms. The van der Waals surface area contributed by atoms with E-state index in [9.17, 15) is 10.1 Å². The molecule has 6 heteroatoms. The summed E-state index contributed by atoms with van der Waals surface area (Å²) in [6.07, 6.45) is 0. The Labute approximate surface area is 97.4 Å². The first-order valence-corrected chi connectivity index (χ1v) is 4.88. The quantitative estimate of drug-likeness (QED) is 0.599. The second-order valence-electron chi connectivity index (χ2n) is 3.21. The molecule has 1 rings (SSSR count). The van der Waals surface area contributed by atoms with Gasteiger partial charge in [0.05, 0.1) is 16.9 Å². The fourth-order valence-corrected chi connectivity index (χ4v) is 1.17. The van der Waals surface area contributed by atoms with Crippen molar-refractivity contribution in [2.24, 2.45) is 5.92 Å². The van der Waals surface area contributed by atoms with Gasteiger partial charge in [0.2, 0.25) is 0 Å². The number of benzene rings is 1. The highest BCUT2D eigenvalue weighted by Crippen LogP contribution is 2.30. The molecule has 84 valence electrons. The van der Waals surface area contributed by atoms with Crippen LogP contribution in [0.3, 0.4) is 0 Å². The molecule has 5 nitrogen and oxygen atoms in total. The summed E-state index contributed by atoms with van der Waals surface area (Å²) in [4.78, 5) is 10.1. The van der Waals surface area contributed by atoms with Crippen LogP contribution in [0.5, 0.6) is 5.75 Å². The van der Waals surface area contributed by atoms with Gasteiger partial charge in [-0.3, -0.25) is 10.1 Å². The van der Waals surface area contributed by atoms with Gasteiger partial charge in [0.15, 0.2) is 5.75 Å². The van der Waals surface area contributed by atoms with E-state index in [2.05, 4.69) is 0 Å². The molecule has 0 saturated heterocycles. The summed E-state index contributed by atoms with van der Waals surface area (Å²) in [5.41, 5.74) is -0.197. The van der Waals surface area contributed by atoms with Gasteiger partial charge >= 0.3 is 5.69 Å². The third kappa shape index (κ3) is 3.11. The number of hydrogen-bond acceptors (Lipinski definition) is 4. The van der Waals surface area contributed by atoms with E-state index < -0.39 is 4.92 Å². The second kappa shape index (κ2) is 5.33. The van der Waals surface area contributed by atoms with Crippen LogP contribution < -0.4 is 4.74 Å². The highest BCUT2D eigenvalue weighted by atomic mass is 35.5. The van der Waals surface area contributed by atoms with Crippen molar-refractivity contribution in [1.29, 1.82) is 5.26 Å². The summed E-state index contributed by atoms with van der Waals surface area (Å²) in [5, 5.41) is 19.5. The average molecular weight is 241 g/mol. The molecular formula is C10H9ClN2O3. The number of halogens is 1. The van der Waals surface area contributed by atoms with Gasteiger partial charge in [-0.05, 0) is 19.1 Å². The number of nitro groups is 1. The van der Waals surface area contributed by atoms with Gasteiger partial charge in [-0.15, -0.1) is 0 Å². The molecule has 0 aromatic heterocycles. The van der Waals surface area contributed by atoms with Crippen molar-refractivity contribution >= 4 is 17.3 Å². The van der Waals surface area contributed by atoms with Gasteiger partial charge < -0.3 is 4.74 Å². The Bertz CT molecular complexity index is 442. The summed E-state index contributed by atoms with van der Waals surface area (Å²) >= 11 is 5.64. The SMILES string of the molecule is CC(C#N)COc1ccc(Cl)cc1[N+](=O)[O-]. The lowest BCUT2D eigenvalue weighted by molar-refractivity contribution is -0.385. The van der Waals surface area contributed by atoms with Crippen LogP contribution in [0.2, 0.25) is 5.02 Å². The summed E-state index contributed by atoms with van der Waals surface area (Å²) in [7, 11) is 0. The minimum Gasteiger partial charge on any atom is -0.485 e. The van der Waals surface area contributed by atoms with Gasteiger partial charge in [-0.2, -0.15) is 5.26 Å². The maximum Gasteiger partial charge on any atom is 0.312 e. The molecule has 0 aliphatic heterocycles. The van der Waals surface area contributed by atoms with Crippen molar-refractivity contribution in [2.45, 2.75) is 6.92 Å². The van der Waals surface area contributed by atoms with Gasteiger partial charge in [0.25, 0.3) is 0 Å². The van der Waals surface area contributed by atoms with E-state index in [4.69, 9.17) is 21.6 Å². The average Bonchev–Trinajstić information content (AvgIpc) is 2.26. The summed E-state index contributed by atoms with van der Waals surface area (Å²) in [5.74, 6) is -0.202. The Morgan fingerprint density at radius 3 is 2.94 bits per heavy atom. The molecule has 0 fully saturated rings. The lowest BCUT2D eigenvalue weighted by Crippen LogP contribution is -2.07. The zero-order valence-corrected chi connectivity index (χ0v) is 9.27. The van der Waals surface area contributed by atoms with Crippen molar-refractivity contribution in [3.63, 3.8) is 0 Å². The predicted molar refractivity (Wildman–Crippen MR) is 58.4 cm³/mol. The minimum absolute atomic E-state index is 0.110. The van der Waals surface area contributed by atoms with Crippen LogP contribution in [0.4, 0.5) is 5.69 Å². The molecular weight excluding hydrogens is 232 g/mol. The molecule has 1 unspecified atom stereocenters. The normalized spacial score (nSPS) is 11.6. The van der Waals surface area contributed by atoms with Crippen LogP contribution in [0.25, 0.3) is 0 Å². The smallest absolute Gasteiger partial charge is 0.312 e. The fraction of sp³-hybridized carbons (Fsp3) is 0.300. The largest absolute Gasteiger partial charge is 0.485 e. The van der Waals surface area contributed by atoms with Crippen LogP contribution in [-0.4, -0.2) is 11.5 Å². The third-order valence-corrected chi connectivity index (χ3v) is 2.06. The number of rotatable bonds is 4. The highest BCUT2D eigenvalue weighted by molar-refractivity contribution is 6.30. The van der Waals surface area contributed by atoms with E-state index in [1.54, 1.807) is 6.92 Å². The third-order valence-electron chi connectivity index (χ3n) is 1.83. The molecule has 0 heterocycles. The van der Waals surface area contributed by atoms with Gasteiger partial charge in [-0.25, -0.2) is 0 Å². The lowest BCUT2D eigenvalue weighted by Gasteiger charge is -2.07. The number of nitro benzene ring substituents is 1. The Kier molecular flexibility index (Phi) is 4.09. The van der Waals surface area contributed by atoms with Gasteiger partial charge in [-0.1, -0.05) is 11.6 Å². The molecule has 0 saturated carbocycles. The number of nitriles is 1. The van der Waals surface area contributed by atoms with E-state index in [1.807, 2.05) is 6.07 Å². The van der Waals surface area contributed by atoms with Crippen molar-refractivity contribution in [3.05, 3.63) is 33.3 Å². The van der Waals surface area contributed by atoms with E-state index in [1.165, 1.54) is 18.2 Å². The van der Waals surface area contributed by atoms with E-state index in [0.717, 1.165) is 0 Å². The summed E-state index contributed by atoms with van der Waals surface area (Å²) < 4.78 is 5.18. The number of nitrogens with zero attached hydrogens (tertiary/aromatic N) is 2. The minimum atomic E-state index is -0.571. The highest BCUT2D eigenvalue weighted by Gasteiger charge is 2.16. The molecule has 0 bridgehead atoms. The van der Waals surface area contributed by atoms with Crippen LogP contribution in [0.15, 0.2) is 18.2 Å².